The van der Waals surface area contributed by atoms with Crippen LogP contribution in [0.15, 0.2) is 23.1 Å². The molecule has 1 aromatic rings. The van der Waals surface area contributed by atoms with Gasteiger partial charge in [-0.3, -0.25) is 4.79 Å². The van der Waals surface area contributed by atoms with Crippen LogP contribution in [-0.2, 0) is 14.8 Å². The van der Waals surface area contributed by atoms with Crippen LogP contribution in [0.3, 0.4) is 0 Å². The fourth-order valence-electron chi connectivity index (χ4n) is 1.96. The maximum absolute atomic E-state index is 12.2. The van der Waals surface area contributed by atoms with Gasteiger partial charge in [0.15, 0.2) is 0 Å². The Morgan fingerprint density at radius 3 is 2.29 bits per heavy atom. The van der Waals surface area contributed by atoms with E-state index < -0.39 is 10.0 Å². The summed E-state index contributed by atoms with van der Waals surface area (Å²) in [6.45, 7) is 0. The summed E-state index contributed by atoms with van der Waals surface area (Å²) in [6, 6.07) is 4.78. The molecule has 0 spiro atoms. The molecule has 1 aliphatic rings. The van der Waals surface area contributed by atoms with Crippen LogP contribution in [0.1, 0.15) is 12.8 Å². The van der Waals surface area contributed by atoms with Crippen LogP contribution in [0, 0.1) is 5.92 Å². The summed E-state index contributed by atoms with van der Waals surface area (Å²) in [4.78, 5) is 14.0. The highest BCUT2D eigenvalue weighted by atomic mass is 32.2. The van der Waals surface area contributed by atoms with Gasteiger partial charge in [0.05, 0.1) is 16.3 Å². The van der Waals surface area contributed by atoms with Crippen LogP contribution in [0.2, 0.25) is 0 Å². The van der Waals surface area contributed by atoms with Crippen molar-refractivity contribution in [2.75, 3.05) is 38.4 Å². The van der Waals surface area contributed by atoms with E-state index in [1.54, 1.807) is 12.1 Å². The summed E-state index contributed by atoms with van der Waals surface area (Å²) in [5.74, 6) is 0.0200. The third-order valence-corrected chi connectivity index (χ3v) is 5.25. The molecule has 1 saturated carbocycles. The molecule has 1 fully saturated rings. The Balaban J connectivity index is 2.41. The third-order valence-electron chi connectivity index (χ3n) is 3.43. The molecule has 0 aromatic heterocycles. The summed E-state index contributed by atoms with van der Waals surface area (Å²) < 4.78 is 25.6. The summed E-state index contributed by atoms with van der Waals surface area (Å²) in [7, 11) is 3.15. The highest BCUT2D eigenvalue weighted by molar-refractivity contribution is 7.89. The summed E-state index contributed by atoms with van der Waals surface area (Å²) in [5.41, 5.74) is 1.31. The van der Waals surface area contributed by atoms with Gasteiger partial charge in [0.2, 0.25) is 15.9 Å². The fraction of sp³-hybridized carbons (Fsp3) is 0.500. The summed E-state index contributed by atoms with van der Waals surface area (Å²) in [6.07, 6.45) is 1.80. The maximum atomic E-state index is 12.2. The van der Waals surface area contributed by atoms with E-state index in [1.807, 2.05) is 19.0 Å². The topological polar surface area (TPSA) is 69.7 Å². The van der Waals surface area contributed by atoms with Crippen LogP contribution in [0.25, 0.3) is 0 Å². The first-order chi connectivity index (χ1) is 9.73. The van der Waals surface area contributed by atoms with Crippen molar-refractivity contribution in [3.8, 4) is 0 Å². The molecule has 0 bridgehead atoms. The number of hydrogen-bond donors (Lipinski definition) is 1. The van der Waals surface area contributed by atoms with E-state index in [2.05, 4.69) is 5.32 Å². The molecule has 1 aromatic carbocycles. The minimum atomic E-state index is -3.52. The molecular formula is C14H21N3O3S. The highest BCUT2D eigenvalue weighted by Crippen LogP contribution is 2.33. The third kappa shape index (κ3) is 3.36. The Morgan fingerprint density at radius 1 is 1.19 bits per heavy atom. The number of sulfonamides is 1. The van der Waals surface area contributed by atoms with Crippen molar-refractivity contribution in [1.29, 1.82) is 0 Å². The van der Waals surface area contributed by atoms with Crippen molar-refractivity contribution in [3.63, 3.8) is 0 Å². The van der Waals surface area contributed by atoms with E-state index >= 15 is 0 Å². The molecule has 0 saturated heterocycles. The van der Waals surface area contributed by atoms with Gasteiger partial charge in [0, 0.05) is 34.1 Å². The zero-order valence-electron chi connectivity index (χ0n) is 12.8. The van der Waals surface area contributed by atoms with Crippen LogP contribution in [0.5, 0.6) is 0 Å². The molecule has 0 radical (unpaired) electrons. The van der Waals surface area contributed by atoms with Gasteiger partial charge in [-0.2, -0.15) is 0 Å². The minimum absolute atomic E-state index is 0.0440. The Bertz CT molecular complexity index is 649. The van der Waals surface area contributed by atoms with E-state index in [9.17, 15) is 13.2 Å². The van der Waals surface area contributed by atoms with Crippen LogP contribution in [-0.4, -0.2) is 46.8 Å². The molecule has 0 heterocycles. The van der Waals surface area contributed by atoms with Crippen molar-refractivity contribution >= 4 is 27.3 Å². The first-order valence-corrected chi connectivity index (χ1v) is 8.22. The predicted molar refractivity (Wildman–Crippen MR) is 83.0 cm³/mol. The molecule has 0 atom stereocenters. The molecule has 0 unspecified atom stereocenters. The smallest absolute Gasteiger partial charge is 0.242 e. The van der Waals surface area contributed by atoms with Gasteiger partial charge in [-0.15, -0.1) is 0 Å². The van der Waals surface area contributed by atoms with Gasteiger partial charge in [-0.05, 0) is 31.0 Å². The van der Waals surface area contributed by atoms with Gasteiger partial charge in [-0.25, -0.2) is 12.7 Å². The molecule has 1 aliphatic carbocycles. The number of anilines is 2. The fourth-order valence-corrected chi connectivity index (χ4v) is 2.89. The van der Waals surface area contributed by atoms with E-state index in [0.717, 1.165) is 22.8 Å². The van der Waals surface area contributed by atoms with Crippen molar-refractivity contribution in [3.05, 3.63) is 18.2 Å². The second-order valence-electron chi connectivity index (χ2n) is 5.62. The standard InChI is InChI=1S/C14H21N3O3S/c1-16(2)13-8-7-11(21(19,20)17(3)4)9-12(13)15-14(18)10-5-6-10/h7-10H,5-6H2,1-4H3,(H,15,18). The maximum Gasteiger partial charge on any atom is 0.242 e. The second-order valence-corrected chi connectivity index (χ2v) is 7.78. The van der Waals surface area contributed by atoms with E-state index in [4.69, 9.17) is 0 Å². The molecular weight excluding hydrogens is 290 g/mol. The number of nitrogens with one attached hydrogen (secondary N) is 1. The Kier molecular flexibility index (Phi) is 4.25. The number of nitrogens with zero attached hydrogens (tertiary/aromatic N) is 2. The van der Waals surface area contributed by atoms with Gasteiger partial charge < -0.3 is 10.2 Å². The average Bonchev–Trinajstić information content (AvgIpc) is 3.22. The molecule has 1 amide bonds. The van der Waals surface area contributed by atoms with Crippen molar-refractivity contribution in [1.82, 2.24) is 4.31 Å². The lowest BCUT2D eigenvalue weighted by molar-refractivity contribution is -0.117. The molecule has 0 aliphatic heterocycles. The quantitative estimate of drug-likeness (QED) is 0.891. The zero-order chi connectivity index (χ0) is 15.8. The number of carbonyl (C=O) groups is 1. The first kappa shape index (κ1) is 15.8. The summed E-state index contributed by atoms with van der Waals surface area (Å²) >= 11 is 0. The Labute approximate surface area is 125 Å². The Morgan fingerprint density at radius 2 is 1.81 bits per heavy atom. The summed E-state index contributed by atoms with van der Waals surface area (Å²) in [5, 5.41) is 2.84. The van der Waals surface area contributed by atoms with Crippen molar-refractivity contribution < 1.29 is 13.2 Å². The number of benzene rings is 1. The lowest BCUT2D eigenvalue weighted by Crippen LogP contribution is -2.23. The SMILES string of the molecule is CN(C)c1ccc(S(=O)(=O)N(C)C)cc1NC(=O)C1CC1. The van der Waals surface area contributed by atoms with Crippen LogP contribution in [0.4, 0.5) is 11.4 Å². The Hall–Kier alpha value is -1.60. The zero-order valence-corrected chi connectivity index (χ0v) is 13.6. The number of amides is 1. The second kappa shape index (κ2) is 5.65. The molecule has 1 N–H and O–H groups in total. The average molecular weight is 311 g/mol. The molecule has 6 nitrogen and oxygen atoms in total. The predicted octanol–water partition coefficient (Wildman–Crippen LogP) is 1.35. The van der Waals surface area contributed by atoms with Gasteiger partial charge >= 0.3 is 0 Å². The number of hydrogen-bond acceptors (Lipinski definition) is 4. The van der Waals surface area contributed by atoms with Crippen LogP contribution < -0.4 is 10.2 Å². The minimum Gasteiger partial charge on any atom is -0.376 e. The molecule has 21 heavy (non-hydrogen) atoms. The highest BCUT2D eigenvalue weighted by Gasteiger charge is 2.30. The van der Waals surface area contributed by atoms with Crippen LogP contribution >= 0.6 is 0 Å². The van der Waals surface area contributed by atoms with Crippen molar-refractivity contribution in [2.24, 2.45) is 5.92 Å². The lowest BCUT2D eigenvalue weighted by Gasteiger charge is -2.20. The van der Waals surface area contributed by atoms with Gasteiger partial charge in [-0.1, -0.05) is 0 Å². The normalized spacial score (nSPS) is 15.1. The number of carbonyl (C=O) groups excluding carboxylic acids is 1. The first-order valence-electron chi connectivity index (χ1n) is 6.78. The van der Waals surface area contributed by atoms with E-state index in [-0.39, 0.29) is 16.7 Å². The van der Waals surface area contributed by atoms with E-state index in [1.165, 1.54) is 20.2 Å². The lowest BCUT2D eigenvalue weighted by atomic mass is 10.2. The monoisotopic (exact) mass is 311 g/mol. The van der Waals surface area contributed by atoms with Gasteiger partial charge in [0.1, 0.15) is 0 Å². The largest absolute Gasteiger partial charge is 0.376 e. The molecule has 116 valence electrons. The number of rotatable bonds is 5. The molecule has 2 rings (SSSR count). The van der Waals surface area contributed by atoms with Crippen molar-refractivity contribution in [2.45, 2.75) is 17.7 Å². The van der Waals surface area contributed by atoms with Gasteiger partial charge in [0.25, 0.3) is 0 Å². The molecule has 7 heteroatoms. The van der Waals surface area contributed by atoms with E-state index in [0.29, 0.717) is 5.69 Å².